The second kappa shape index (κ2) is 7.47. The summed E-state index contributed by atoms with van der Waals surface area (Å²) in [5.41, 5.74) is 2.91. The van der Waals surface area contributed by atoms with Gasteiger partial charge in [-0.05, 0) is 25.3 Å². The standard InChI is InChI=1S/C18H23N3O3/c1-13-6-2-3-7-14(13)15-12-16(24-20-15)18(23)19-9-8-17(22)21-10-4-5-11-21/h2-3,6-7,16H,4-5,8-12H2,1H3,(H,19,23)/t16-/m0/s1. The Morgan fingerprint density at radius 1 is 1.29 bits per heavy atom. The van der Waals surface area contributed by atoms with E-state index in [4.69, 9.17) is 4.84 Å². The molecule has 2 aliphatic heterocycles. The summed E-state index contributed by atoms with van der Waals surface area (Å²) in [4.78, 5) is 31.3. The Hall–Kier alpha value is -2.37. The molecule has 2 aliphatic rings. The Labute approximate surface area is 141 Å². The van der Waals surface area contributed by atoms with E-state index in [-0.39, 0.29) is 11.8 Å². The van der Waals surface area contributed by atoms with E-state index in [2.05, 4.69) is 10.5 Å². The molecule has 0 aromatic heterocycles. The molecule has 1 aromatic carbocycles. The lowest BCUT2D eigenvalue weighted by Crippen LogP contribution is -2.37. The lowest BCUT2D eigenvalue weighted by Gasteiger charge is -2.15. The fraction of sp³-hybridized carbons (Fsp3) is 0.500. The summed E-state index contributed by atoms with van der Waals surface area (Å²) in [5.74, 6) is -0.103. The summed E-state index contributed by atoms with van der Waals surface area (Å²) in [7, 11) is 0. The Balaban J connectivity index is 1.44. The third kappa shape index (κ3) is 3.75. The number of rotatable bonds is 5. The Bertz CT molecular complexity index is 651. The van der Waals surface area contributed by atoms with Gasteiger partial charge in [0.15, 0.2) is 0 Å². The summed E-state index contributed by atoms with van der Waals surface area (Å²) >= 11 is 0. The second-order valence-electron chi connectivity index (χ2n) is 6.28. The topological polar surface area (TPSA) is 71.0 Å². The molecule has 3 rings (SSSR count). The minimum atomic E-state index is -0.610. The van der Waals surface area contributed by atoms with Crippen LogP contribution >= 0.6 is 0 Å². The van der Waals surface area contributed by atoms with Crippen LogP contribution in [0.1, 0.15) is 36.8 Å². The van der Waals surface area contributed by atoms with E-state index in [1.54, 1.807) is 0 Å². The predicted molar refractivity (Wildman–Crippen MR) is 90.6 cm³/mol. The summed E-state index contributed by atoms with van der Waals surface area (Å²) in [6, 6.07) is 7.90. The molecule has 1 saturated heterocycles. The number of benzene rings is 1. The first-order valence-corrected chi connectivity index (χ1v) is 8.49. The average molecular weight is 329 g/mol. The van der Waals surface area contributed by atoms with Crippen LogP contribution in [0.5, 0.6) is 0 Å². The molecule has 2 amide bonds. The van der Waals surface area contributed by atoms with Gasteiger partial charge in [0.25, 0.3) is 5.91 Å². The maximum absolute atomic E-state index is 12.2. The van der Waals surface area contributed by atoms with Gasteiger partial charge in [-0.1, -0.05) is 29.4 Å². The number of hydrogen-bond acceptors (Lipinski definition) is 4. The van der Waals surface area contributed by atoms with Gasteiger partial charge in [-0.2, -0.15) is 0 Å². The largest absolute Gasteiger partial charge is 0.382 e. The van der Waals surface area contributed by atoms with Crippen LogP contribution < -0.4 is 5.32 Å². The van der Waals surface area contributed by atoms with Crippen LogP contribution in [0.3, 0.4) is 0 Å². The first-order chi connectivity index (χ1) is 11.6. The van der Waals surface area contributed by atoms with E-state index >= 15 is 0 Å². The third-order valence-electron chi connectivity index (χ3n) is 4.51. The maximum atomic E-state index is 12.2. The molecule has 1 aromatic rings. The highest BCUT2D eigenvalue weighted by Gasteiger charge is 2.29. The van der Waals surface area contributed by atoms with Crippen LogP contribution in [0, 0.1) is 6.92 Å². The number of oxime groups is 1. The summed E-state index contributed by atoms with van der Waals surface area (Å²) in [6.07, 6.45) is 2.34. The molecule has 2 heterocycles. The molecule has 0 saturated carbocycles. The average Bonchev–Trinajstić information content (AvgIpc) is 3.27. The summed E-state index contributed by atoms with van der Waals surface area (Å²) in [5, 5.41) is 6.84. The summed E-state index contributed by atoms with van der Waals surface area (Å²) < 4.78 is 0. The van der Waals surface area contributed by atoms with E-state index in [0.29, 0.717) is 19.4 Å². The molecule has 1 fully saturated rings. The molecule has 6 heteroatoms. The van der Waals surface area contributed by atoms with E-state index in [1.165, 1.54) is 0 Å². The van der Waals surface area contributed by atoms with Gasteiger partial charge in [0.1, 0.15) is 0 Å². The lowest BCUT2D eigenvalue weighted by atomic mass is 10.0. The van der Waals surface area contributed by atoms with Crippen molar-refractivity contribution in [3.8, 4) is 0 Å². The smallest absolute Gasteiger partial charge is 0.264 e. The van der Waals surface area contributed by atoms with Crippen molar-refractivity contribution in [3.05, 3.63) is 35.4 Å². The van der Waals surface area contributed by atoms with Gasteiger partial charge in [-0.25, -0.2) is 0 Å². The van der Waals surface area contributed by atoms with Gasteiger partial charge in [-0.15, -0.1) is 0 Å². The number of likely N-dealkylation sites (tertiary alicyclic amines) is 1. The zero-order valence-corrected chi connectivity index (χ0v) is 14.0. The monoisotopic (exact) mass is 329 g/mol. The molecule has 0 unspecified atom stereocenters. The summed E-state index contributed by atoms with van der Waals surface area (Å²) in [6.45, 7) is 4.03. The zero-order valence-electron chi connectivity index (χ0n) is 14.0. The van der Waals surface area contributed by atoms with Gasteiger partial charge >= 0.3 is 0 Å². The van der Waals surface area contributed by atoms with Crippen LogP contribution in [0.4, 0.5) is 0 Å². The number of carbonyl (C=O) groups is 2. The van der Waals surface area contributed by atoms with Crippen LogP contribution in [-0.2, 0) is 14.4 Å². The molecule has 0 spiro atoms. The molecule has 24 heavy (non-hydrogen) atoms. The first kappa shape index (κ1) is 16.5. The molecular formula is C18H23N3O3. The van der Waals surface area contributed by atoms with Gasteiger partial charge < -0.3 is 15.1 Å². The van der Waals surface area contributed by atoms with Crippen molar-refractivity contribution in [2.24, 2.45) is 5.16 Å². The van der Waals surface area contributed by atoms with E-state index in [9.17, 15) is 9.59 Å². The number of hydrogen-bond donors (Lipinski definition) is 1. The molecule has 0 bridgehead atoms. The zero-order chi connectivity index (χ0) is 16.9. The van der Waals surface area contributed by atoms with Gasteiger partial charge in [0, 0.05) is 38.0 Å². The lowest BCUT2D eigenvalue weighted by molar-refractivity contribution is -0.132. The first-order valence-electron chi connectivity index (χ1n) is 8.49. The van der Waals surface area contributed by atoms with E-state index in [0.717, 1.165) is 42.8 Å². The minimum absolute atomic E-state index is 0.108. The van der Waals surface area contributed by atoms with Gasteiger partial charge in [0.2, 0.25) is 12.0 Å². The van der Waals surface area contributed by atoms with E-state index < -0.39 is 6.10 Å². The number of amides is 2. The van der Waals surface area contributed by atoms with Gasteiger partial charge in [0.05, 0.1) is 5.71 Å². The van der Waals surface area contributed by atoms with Crippen molar-refractivity contribution in [2.75, 3.05) is 19.6 Å². The molecular weight excluding hydrogens is 306 g/mol. The van der Waals surface area contributed by atoms with E-state index in [1.807, 2.05) is 36.1 Å². The van der Waals surface area contributed by atoms with Crippen molar-refractivity contribution < 1.29 is 14.4 Å². The van der Waals surface area contributed by atoms with Crippen molar-refractivity contribution in [3.63, 3.8) is 0 Å². The Morgan fingerprint density at radius 3 is 2.79 bits per heavy atom. The van der Waals surface area contributed by atoms with Crippen LogP contribution in [0.2, 0.25) is 0 Å². The Morgan fingerprint density at radius 2 is 2.04 bits per heavy atom. The SMILES string of the molecule is Cc1ccccc1C1=NO[C@H](C(=O)NCCC(=O)N2CCCC2)C1. The predicted octanol–water partition coefficient (Wildman–Crippen LogP) is 1.62. The van der Waals surface area contributed by atoms with Crippen molar-refractivity contribution in [1.29, 1.82) is 0 Å². The highest BCUT2D eigenvalue weighted by atomic mass is 16.6. The molecule has 0 aliphatic carbocycles. The third-order valence-corrected chi connectivity index (χ3v) is 4.51. The highest BCUT2D eigenvalue weighted by Crippen LogP contribution is 2.19. The van der Waals surface area contributed by atoms with Crippen LogP contribution in [0.15, 0.2) is 29.4 Å². The van der Waals surface area contributed by atoms with Crippen molar-refractivity contribution >= 4 is 17.5 Å². The quantitative estimate of drug-likeness (QED) is 0.892. The minimum Gasteiger partial charge on any atom is -0.382 e. The molecule has 6 nitrogen and oxygen atoms in total. The van der Waals surface area contributed by atoms with Crippen LogP contribution in [0.25, 0.3) is 0 Å². The fourth-order valence-corrected chi connectivity index (χ4v) is 3.10. The van der Waals surface area contributed by atoms with Gasteiger partial charge in [-0.3, -0.25) is 9.59 Å². The number of carbonyl (C=O) groups excluding carboxylic acids is 2. The van der Waals surface area contributed by atoms with Crippen molar-refractivity contribution in [1.82, 2.24) is 10.2 Å². The fourth-order valence-electron chi connectivity index (χ4n) is 3.10. The molecule has 0 radical (unpaired) electrons. The number of nitrogens with zero attached hydrogens (tertiary/aromatic N) is 2. The molecule has 1 N–H and O–H groups in total. The highest BCUT2D eigenvalue weighted by molar-refractivity contribution is 6.05. The maximum Gasteiger partial charge on any atom is 0.264 e. The normalized spacial score (nSPS) is 19.8. The van der Waals surface area contributed by atoms with Crippen molar-refractivity contribution in [2.45, 2.75) is 38.7 Å². The molecule has 1 atom stereocenters. The number of aryl methyl sites for hydroxylation is 1. The second-order valence-corrected chi connectivity index (χ2v) is 6.28. The van der Waals surface area contributed by atoms with Crippen LogP contribution in [-0.4, -0.2) is 48.2 Å². The Kier molecular flexibility index (Phi) is 5.13. The molecule has 128 valence electrons. The number of nitrogens with one attached hydrogen (secondary N) is 1.